The zero-order chi connectivity index (χ0) is 29.9. The molecular formula is C32H34FN7O2S. The topological polar surface area (TPSA) is 90.0 Å². The number of carbonyl (C=O) groups is 1. The van der Waals surface area contributed by atoms with Crippen LogP contribution in [0.5, 0.6) is 0 Å². The van der Waals surface area contributed by atoms with E-state index in [4.69, 9.17) is 14.8 Å². The Morgan fingerprint density at radius 2 is 1.93 bits per heavy atom. The van der Waals surface area contributed by atoms with Crippen LogP contribution in [0, 0.1) is 35.4 Å². The second-order valence-electron chi connectivity index (χ2n) is 12.1. The van der Waals surface area contributed by atoms with E-state index in [9.17, 15) is 10.1 Å². The zero-order valence-corrected chi connectivity index (χ0v) is 25.5. The number of nitrogens with zero attached hydrogens (tertiary/aromatic N) is 7. The van der Waals surface area contributed by atoms with Crippen molar-refractivity contribution in [2.75, 3.05) is 56.2 Å². The fourth-order valence-electron chi connectivity index (χ4n) is 6.72. The minimum Gasteiger partial charge on any atom is -0.381 e. The van der Waals surface area contributed by atoms with E-state index in [2.05, 4.69) is 11.0 Å². The van der Waals surface area contributed by atoms with Gasteiger partial charge in [0.1, 0.15) is 16.6 Å². The van der Waals surface area contributed by atoms with Crippen molar-refractivity contribution in [3.8, 4) is 17.3 Å². The van der Waals surface area contributed by atoms with E-state index >= 15 is 4.39 Å². The molecule has 1 aromatic carbocycles. The number of ether oxygens (including phenoxy) is 1. The summed E-state index contributed by atoms with van der Waals surface area (Å²) in [6.45, 7) is 8.28. The first-order valence-electron chi connectivity index (χ1n) is 14.8. The predicted octanol–water partition coefficient (Wildman–Crippen LogP) is 5.18. The smallest absolute Gasteiger partial charge is 0.225 e. The van der Waals surface area contributed by atoms with Gasteiger partial charge >= 0.3 is 0 Å². The summed E-state index contributed by atoms with van der Waals surface area (Å²) < 4.78 is 22.5. The summed E-state index contributed by atoms with van der Waals surface area (Å²) in [7, 11) is 1.93. The van der Waals surface area contributed by atoms with Crippen LogP contribution in [0.2, 0.25) is 0 Å². The van der Waals surface area contributed by atoms with Crippen molar-refractivity contribution in [1.29, 1.82) is 5.26 Å². The fraction of sp³-hybridized carbons (Fsp3) is 0.438. The average Bonchev–Trinajstić information content (AvgIpc) is 3.57. The lowest BCUT2D eigenvalue weighted by Gasteiger charge is -2.61. The monoisotopic (exact) mass is 599 g/mol. The van der Waals surface area contributed by atoms with E-state index in [1.807, 2.05) is 61.0 Å². The summed E-state index contributed by atoms with van der Waals surface area (Å²) in [5.74, 6) is -0.00709. The molecule has 6 heterocycles. The standard InChI is InChI=1S/C32H34FN7O2S/c1-4-24-29(37(3)31-35-28(27(14-34)43-31)21-7-5-20(2)6-8-21)26-13-25(23(33)15-40(26)36-24)38-16-32(17-38)18-39(19-32)30(41)22-9-11-42-12-10-22/h5-8,13,15,22H,4,9-12,16-19H2,1-3H3. The van der Waals surface area contributed by atoms with E-state index in [0.717, 1.165) is 67.0 Å². The van der Waals surface area contributed by atoms with Crippen molar-refractivity contribution < 1.29 is 13.9 Å². The molecular weight excluding hydrogens is 565 g/mol. The van der Waals surface area contributed by atoms with E-state index in [0.29, 0.717) is 41.0 Å². The van der Waals surface area contributed by atoms with E-state index < -0.39 is 0 Å². The molecule has 9 nitrogen and oxygen atoms in total. The van der Waals surface area contributed by atoms with E-state index in [-0.39, 0.29) is 23.1 Å². The maximum absolute atomic E-state index is 15.5. The predicted molar refractivity (Wildman–Crippen MR) is 164 cm³/mol. The van der Waals surface area contributed by atoms with Gasteiger partial charge in [0.15, 0.2) is 10.9 Å². The van der Waals surface area contributed by atoms with E-state index in [1.54, 1.807) is 4.52 Å². The van der Waals surface area contributed by atoms with Crippen LogP contribution in [0.3, 0.4) is 0 Å². The van der Waals surface area contributed by atoms with Gasteiger partial charge in [0, 0.05) is 63.3 Å². The van der Waals surface area contributed by atoms with Crippen molar-refractivity contribution in [1.82, 2.24) is 19.5 Å². The van der Waals surface area contributed by atoms with Gasteiger partial charge in [-0.05, 0) is 32.3 Å². The van der Waals surface area contributed by atoms with Gasteiger partial charge in [-0.15, -0.1) is 0 Å². The molecule has 0 aliphatic carbocycles. The lowest BCUT2D eigenvalue weighted by Crippen LogP contribution is -2.73. The second-order valence-corrected chi connectivity index (χ2v) is 13.1. The molecule has 0 bridgehead atoms. The number of halogens is 1. The van der Waals surface area contributed by atoms with Gasteiger partial charge in [-0.2, -0.15) is 10.4 Å². The van der Waals surface area contributed by atoms with Crippen LogP contribution < -0.4 is 9.80 Å². The zero-order valence-electron chi connectivity index (χ0n) is 24.6. The number of likely N-dealkylation sites (tertiary alicyclic amines) is 1. The molecule has 3 fully saturated rings. The number of aryl methyl sites for hydroxylation is 2. The second kappa shape index (κ2) is 10.6. The highest BCUT2D eigenvalue weighted by atomic mass is 32.1. The third kappa shape index (κ3) is 4.73. The molecule has 3 aliphatic heterocycles. The van der Waals surface area contributed by atoms with Crippen LogP contribution in [0.15, 0.2) is 36.5 Å². The molecule has 222 valence electrons. The molecule has 4 aromatic rings. The van der Waals surface area contributed by atoms with Crippen molar-refractivity contribution in [2.24, 2.45) is 11.3 Å². The molecule has 0 radical (unpaired) electrons. The molecule has 3 saturated heterocycles. The molecule has 0 atom stereocenters. The number of anilines is 3. The number of benzene rings is 1. The number of pyridine rings is 1. The summed E-state index contributed by atoms with van der Waals surface area (Å²) in [5.41, 5.74) is 5.74. The number of carbonyl (C=O) groups excluding carboxylic acids is 1. The first kappa shape index (κ1) is 27.8. The van der Waals surface area contributed by atoms with Crippen LogP contribution in [0.4, 0.5) is 20.9 Å². The van der Waals surface area contributed by atoms with Crippen LogP contribution >= 0.6 is 11.3 Å². The highest BCUT2D eigenvalue weighted by molar-refractivity contribution is 7.16. The van der Waals surface area contributed by atoms with Crippen molar-refractivity contribution in [3.05, 3.63) is 58.5 Å². The highest BCUT2D eigenvalue weighted by Gasteiger charge is 2.54. The van der Waals surface area contributed by atoms with Gasteiger partial charge in [-0.3, -0.25) is 4.79 Å². The molecule has 7 rings (SSSR count). The molecule has 0 N–H and O–H groups in total. The van der Waals surface area contributed by atoms with Crippen LogP contribution in [-0.4, -0.2) is 71.8 Å². The van der Waals surface area contributed by atoms with Gasteiger partial charge in [-0.25, -0.2) is 13.9 Å². The van der Waals surface area contributed by atoms with Gasteiger partial charge in [0.05, 0.1) is 28.8 Å². The Bertz CT molecular complexity index is 1740. The minimum absolute atomic E-state index is 0.0365. The van der Waals surface area contributed by atoms with Crippen LogP contribution in [-0.2, 0) is 16.0 Å². The number of thiazole rings is 1. The molecule has 1 amide bonds. The van der Waals surface area contributed by atoms with Gasteiger partial charge in [0.2, 0.25) is 5.91 Å². The Labute approximate surface area is 254 Å². The Hall–Kier alpha value is -4.01. The summed E-state index contributed by atoms with van der Waals surface area (Å²) in [5, 5.41) is 15.3. The quantitative estimate of drug-likeness (QED) is 0.302. The number of amides is 1. The Kier molecular flexibility index (Phi) is 6.86. The molecule has 11 heteroatoms. The lowest BCUT2D eigenvalue weighted by atomic mass is 9.72. The SMILES string of the molecule is CCc1nn2cc(F)c(N3CC4(CN(C(=O)C5CCOCC5)C4)C3)cc2c1N(C)c1nc(-c2ccc(C)cc2)c(C#N)s1. The molecule has 3 aromatic heterocycles. The summed E-state index contributed by atoms with van der Waals surface area (Å²) in [6.07, 6.45) is 3.71. The lowest BCUT2D eigenvalue weighted by molar-refractivity contribution is -0.152. The largest absolute Gasteiger partial charge is 0.381 e. The molecule has 0 unspecified atom stereocenters. The highest BCUT2D eigenvalue weighted by Crippen LogP contribution is 2.45. The number of fused-ring (bicyclic) bond motifs is 1. The maximum atomic E-state index is 15.5. The summed E-state index contributed by atoms with van der Waals surface area (Å²) in [6, 6.07) is 12.2. The Morgan fingerprint density at radius 3 is 2.60 bits per heavy atom. The Morgan fingerprint density at radius 1 is 1.21 bits per heavy atom. The number of hydrogen-bond donors (Lipinski definition) is 0. The minimum atomic E-state index is -0.321. The average molecular weight is 600 g/mol. The van der Waals surface area contributed by atoms with Gasteiger partial charge < -0.3 is 19.4 Å². The third-order valence-electron chi connectivity index (χ3n) is 9.07. The number of hydrogen-bond acceptors (Lipinski definition) is 8. The number of aromatic nitrogens is 3. The molecule has 0 saturated carbocycles. The molecule has 43 heavy (non-hydrogen) atoms. The summed E-state index contributed by atoms with van der Waals surface area (Å²) >= 11 is 1.34. The van der Waals surface area contributed by atoms with Crippen LogP contribution in [0.1, 0.15) is 35.9 Å². The molecule has 3 aliphatic rings. The van der Waals surface area contributed by atoms with Crippen molar-refractivity contribution >= 4 is 39.3 Å². The third-order valence-corrected chi connectivity index (χ3v) is 10.1. The van der Waals surface area contributed by atoms with Gasteiger partial charge in [0.25, 0.3) is 0 Å². The van der Waals surface area contributed by atoms with E-state index in [1.165, 1.54) is 17.5 Å². The first-order valence-corrected chi connectivity index (χ1v) is 15.6. The van der Waals surface area contributed by atoms with Crippen molar-refractivity contribution in [2.45, 2.75) is 33.1 Å². The molecule has 1 spiro atoms. The fourth-order valence-corrected chi connectivity index (χ4v) is 7.58. The number of nitriles is 1. The normalized spacial score (nSPS) is 18.0. The first-order chi connectivity index (χ1) is 20.8. The summed E-state index contributed by atoms with van der Waals surface area (Å²) in [4.78, 5) is 24.3. The maximum Gasteiger partial charge on any atom is 0.225 e. The van der Waals surface area contributed by atoms with Crippen LogP contribution in [0.25, 0.3) is 16.8 Å². The van der Waals surface area contributed by atoms with Crippen molar-refractivity contribution in [3.63, 3.8) is 0 Å². The van der Waals surface area contributed by atoms with Gasteiger partial charge in [-0.1, -0.05) is 48.1 Å². The Balaban J connectivity index is 1.14. The number of rotatable bonds is 6.